The summed E-state index contributed by atoms with van der Waals surface area (Å²) in [4.78, 5) is 12.3. The number of amides is 1. The highest BCUT2D eigenvalue weighted by molar-refractivity contribution is 6.20. The molecule has 1 fully saturated rings. The Bertz CT molecular complexity index is 438. The third kappa shape index (κ3) is 3.73. The molecule has 2 atom stereocenters. The SMILES string of the molecule is Cc1cccc(C)c1C(=O)NCC1CCCC(Cl)C1. The van der Waals surface area contributed by atoms with E-state index in [9.17, 15) is 4.79 Å². The molecule has 0 spiro atoms. The Kier molecular flexibility index (Phi) is 4.87. The van der Waals surface area contributed by atoms with E-state index in [0.717, 1.165) is 36.1 Å². The largest absolute Gasteiger partial charge is 0.352 e. The molecule has 19 heavy (non-hydrogen) atoms. The van der Waals surface area contributed by atoms with Crippen LogP contribution in [0.2, 0.25) is 0 Å². The quantitative estimate of drug-likeness (QED) is 0.837. The van der Waals surface area contributed by atoms with Crippen LogP contribution in [0.15, 0.2) is 18.2 Å². The van der Waals surface area contributed by atoms with E-state index in [1.54, 1.807) is 0 Å². The average Bonchev–Trinajstić information content (AvgIpc) is 2.36. The lowest BCUT2D eigenvalue weighted by atomic mass is 9.89. The first-order valence-corrected chi connectivity index (χ1v) is 7.50. The smallest absolute Gasteiger partial charge is 0.251 e. The molecule has 2 unspecified atom stereocenters. The third-order valence-corrected chi connectivity index (χ3v) is 4.37. The molecule has 0 aromatic heterocycles. The van der Waals surface area contributed by atoms with Gasteiger partial charge in [-0.3, -0.25) is 4.79 Å². The van der Waals surface area contributed by atoms with Crippen molar-refractivity contribution in [2.45, 2.75) is 44.9 Å². The Labute approximate surface area is 120 Å². The molecule has 1 aliphatic rings. The molecule has 1 aromatic rings. The van der Waals surface area contributed by atoms with E-state index in [2.05, 4.69) is 5.32 Å². The van der Waals surface area contributed by atoms with Crippen molar-refractivity contribution >= 4 is 17.5 Å². The van der Waals surface area contributed by atoms with Gasteiger partial charge in [-0.05, 0) is 50.2 Å². The zero-order valence-electron chi connectivity index (χ0n) is 11.7. The Morgan fingerprint density at radius 2 is 2.00 bits per heavy atom. The van der Waals surface area contributed by atoms with Crippen molar-refractivity contribution in [1.82, 2.24) is 5.32 Å². The number of rotatable bonds is 3. The lowest BCUT2D eigenvalue weighted by molar-refractivity contribution is 0.0942. The number of aryl methyl sites for hydroxylation is 2. The van der Waals surface area contributed by atoms with Gasteiger partial charge >= 0.3 is 0 Å². The second-order valence-corrected chi connectivity index (χ2v) is 6.22. The maximum absolute atomic E-state index is 12.3. The Balaban J connectivity index is 1.94. The second-order valence-electron chi connectivity index (χ2n) is 5.61. The van der Waals surface area contributed by atoms with E-state index in [-0.39, 0.29) is 11.3 Å². The highest BCUT2D eigenvalue weighted by Crippen LogP contribution is 2.27. The van der Waals surface area contributed by atoms with Gasteiger partial charge in [0.15, 0.2) is 0 Å². The number of carbonyl (C=O) groups is 1. The van der Waals surface area contributed by atoms with E-state index in [4.69, 9.17) is 11.6 Å². The number of hydrogen-bond acceptors (Lipinski definition) is 1. The monoisotopic (exact) mass is 279 g/mol. The molecule has 0 bridgehead atoms. The average molecular weight is 280 g/mol. The maximum Gasteiger partial charge on any atom is 0.251 e. The molecular formula is C16H22ClNO. The number of benzene rings is 1. The number of nitrogens with one attached hydrogen (secondary N) is 1. The number of carbonyl (C=O) groups excluding carboxylic acids is 1. The molecule has 104 valence electrons. The van der Waals surface area contributed by atoms with Crippen LogP contribution in [0, 0.1) is 19.8 Å². The van der Waals surface area contributed by atoms with Crippen molar-refractivity contribution in [3.05, 3.63) is 34.9 Å². The summed E-state index contributed by atoms with van der Waals surface area (Å²) in [6, 6.07) is 5.95. The summed E-state index contributed by atoms with van der Waals surface area (Å²) < 4.78 is 0. The molecule has 0 heterocycles. The van der Waals surface area contributed by atoms with Gasteiger partial charge < -0.3 is 5.32 Å². The molecule has 0 radical (unpaired) electrons. The van der Waals surface area contributed by atoms with Crippen LogP contribution in [-0.4, -0.2) is 17.8 Å². The van der Waals surface area contributed by atoms with Gasteiger partial charge in [-0.25, -0.2) is 0 Å². The van der Waals surface area contributed by atoms with Crippen molar-refractivity contribution in [1.29, 1.82) is 0 Å². The summed E-state index contributed by atoms with van der Waals surface area (Å²) in [5.41, 5.74) is 2.90. The zero-order chi connectivity index (χ0) is 13.8. The Morgan fingerprint density at radius 1 is 1.32 bits per heavy atom. The first kappa shape index (κ1) is 14.4. The van der Waals surface area contributed by atoms with Gasteiger partial charge in [0.05, 0.1) is 0 Å². The van der Waals surface area contributed by atoms with Crippen LogP contribution in [0.5, 0.6) is 0 Å². The molecule has 0 saturated heterocycles. The van der Waals surface area contributed by atoms with Crippen molar-refractivity contribution in [3.63, 3.8) is 0 Å². The number of hydrogen-bond donors (Lipinski definition) is 1. The molecule has 3 heteroatoms. The minimum Gasteiger partial charge on any atom is -0.352 e. The van der Waals surface area contributed by atoms with E-state index in [1.165, 1.54) is 12.8 Å². The predicted molar refractivity (Wildman–Crippen MR) is 79.8 cm³/mol. The van der Waals surface area contributed by atoms with Gasteiger partial charge in [-0.1, -0.05) is 24.6 Å². The summed E-state index contributed by atoms with van der Waals surface area (Å²) in [6.45, 7) is 4.71. The lowest BCUT2D eigenvalue weighted by Crippen LogP contribution is -2.32. The standard InChI is InChI=1S/C16H22ClNO/c1-11-5-3-6-12(2)15(11)16(19)18-10-13-7-4-8-14(17)9-13/h3,5-6,13-14H,4,7-10H2,1-2H3,(H,18,19). The Hall–Kier alpha value is -1.02. The fourth-order valence-corrected chi connectivity index (χ4v) is 3.32. The normalized spacial score (nSPS) is 23.1. The molecule has 1 amide bonds. The van der Waals surface area contributed by atoms with Crippen LogP contribution >= 0.6 is 11.6 Å². The topological polar surface area (TPSA) is 29.1 Å². The first-order valence-electron chi connectivity index (χ1n) is 7.06. The highest BCUT2D eigenvalue weighted by Gasteiger charge is 2.21. The van der Waals surface area contributed by atoms with Gasteiger partial charge in [0.1, 0.15) is 0 Å². The van der Waals surface area contributed by atoms with Crippen LogP contribution in [0.1, 0.15) is 47.2 Å². The van der Waals surface area contributed by atoms with Gasteiger partial charge in [0.2, 0.25) is 0 Å². The maximum atomic E-state index is 12.3. The fourth-order valence-electron chi connectivity index (χ4n) is 2.91. The van der Waals surface area contributed by atoms with E-state index in [0.29, 0.717) is 5.92 Å². The van der Waals surface area contributed by atoms with Crippen LogP contribution in [0.4, 0.5) is 0 Å². The molecule has 0 aliphatic heterocycles. The minimum absolute atomic E-state index is 0.0484. The molecular weight excluding hydrogens is 258 g/mol. The second kappa shape index (κ2) is 6.42. The van der Waals surface area contributed by atoms with Crippen LogP contribution in [0.25, 0.3) is 0 Å². The summed E-state index contributed by atoms with van der Waals surface area (Å²) in [5.74, 6) is 0.580. The van der Waals surface area contributed by atoms with Crippen LogP contribution in [-0.2, 0) is 0 Å². The van der Waals surface area contributed by atoms with E-state index < -0.39 is 0 Å². The van der Waals surface area contributed by atoms with Crippen LogP contribution < -0.4 is 5.32 Å². The van der Waals surface area contributed by atoms with E-state index >= 15 is 0 Å². The molecule has 1 aliphatic carbocycles. The molecule has 1 N–H and O–H groups in total. The van der Waals surface area contributed by atoms with Gasteiger partial charge in [0.25, 0.3) is 5.91 Å². The lowest BCUT2D eigenvalue weighted by Gasteiger charge is -2.25. The predicted octanol–water partition coefficient (Wildman–Crippen LogP) is 3.83. The molecule has 1 aromatic carbocycles. The zero-order valence-corrected chi connectivity index (χ0v) is 12.5. The van der Waals surface area contributed by atoms with E-state index in [1.807, 2.05) is 32.0 Å². The number of alkyl halides is 1. The summed E-state index contributed by atoms with van der Waals surface area (Å²) in [5, 5.41) is 3.36. The third-order valence-electron chi connectivity index (χ3n) is 3.98. The van der Waals surface area contributed by atoms with Crippen molar-refractivity contribution < 1.29 is 4.79 Å². The first-order chi connectivity index (χ1) is 9.08. The number of halogens is 1. The summed E-state index contributed by atoms with van der Waals surface area (Å²) in [7, 11) is 0. The van der Waals surface area contributed by atoms with Crippen molar-refractivity contribution in [2.75, 3.05) is 6.54 Å². The van der Waals surface area contributed by atoms with Crippen molar-refractivity contribution in [2.24, 2.45) is 5.92 Å². The van der Waals surface area contributed by atoms with Gasteiger partial charge in [-0.2, -0.15) is 0 Å². The summed E-state index contributed by atoms with van der Waals surface area (Å²) >= 11 is 6.18. The highest BCUT2D eigenvalue weighted by atomic mass is 35.5. The van der Waals surface area contributed by atoms with Crippen LogP contribution in [0.3, 0.4) is 0 Å². The van der Waals surface area contributed by atoms with Gasteiger partial charge in [0, 0.05) is 17.5 Å². The fraction of sp³-hybridized carbons (Fsp3) is 0.562. The summed E-state index contributed by atoms with van der Waals surface area (Å²) in [6.07, 6.45) is 4.49. The Morgan fingerprint density at radius 3 is 2.63 bits per heavy atom. The molecule has 1 saturated carbocycles. The minimum atomic E-state index is 0.0484. The van der Waals surface area contributed by atoms with Gasteiger partial charge in [-0.15, -0.1) is 11.6 Å². The molecule has 2 nitrogen and oxygen atoms in total. The van der Waals surface area contributed by atoms with Crippen molar-refractivity contribution in [3.8, 4) is 0 Å². The molecule has 2 rings (SSSR count).